The number of anilines is 1. The minimum atomic E-state index is -0.984. The maximum absolute atomic E-state index is 11.5. The molecular formula is C16H19N3O3. The summed E-state index contributed by atoms with van der Waals surface area (Å²) in [6, 6.07) is 1.99. The lowest BCUT2D eigenvalue weighted by molar-refractivity contribution is 0.0697. The van der Waals surface area contributed by atoms with Crippen molar-refractivity contribution in [3.8, 4) is 0 Å². The number of hydrogen-bond donors (Lipinski definition) is 4. The number of hydrogen-bond acceptors (Lipinski definition) is 4. The van der Waals surface area contributed by atoms with Gasteiger partial charge in [0.25, 0.3) is 0 Å². The Balaban J connectivity index is 1.75. The van der Waals surface area contributed by atoms with Gasteiger partial charge in [-0.3, -0.25) is 0 Å². The largest absolute Gasteiger partial charge is 0.478 e. The molecule has 4 N–H and O–H groups in total. The Labute approximate surface area is 127 Å². The maximum atomic E-state index is 11.5. The highest BCUT2D eigenvalue weighted by molar-refractivity contribution is 6.03. The number of nitrogens with zero attached hydrogens (tertiary/aromatic N) is 1. The zero-order valence-corrected chi connectivity index (χ0v) is 12.1. The summed E-state index contributed by atoms with van der Waals surface area (Å²) >= 11 is 0. The fraction of sp³-hybridized carbons (Fsp3) is 0.500. The van der Waals surface area contributed by atoms with E-state index in [4.69, 9.17) is 0 Å². The smallest absolute Gasteiger partial charge is 0.339 e. The fourth-order valence-corrected chi connectivity index (χ4v) is 4.39. The van der Waals surface area contributed by atoms with E-state index in [1.165, 1.54) is 12.6 Å². The molecule has 6 heteroatoms. The van der Waals surface area contributed by atoms with Crippen LogP contribution in [0.2, 0.25) is 0 Å². The number of fused-ring (bicyclic) bond motifs is 3. The van der Waals surface area contributed by atoms with Crippen LogP contribution in [-0.2, 0) is 0 Å². The number of carbonyl (C=O) groups is 1. The number of nitrogens with one attached hydrogen (secondary N) is 2. The fourth-order valence-electron chi connectivity index (χ4n) is 4.39. The van der Waals surface area contributed by atoms with Crippen molar-refractivity contribution in [1.82, 2.24) is 9.97 Å². The zero-order chi connectivity index (χ0) is 15.3. The Bertz CT molecular complexity index is 726. The highest BCUT2D eigenvalue weighted by atomic mass is 16.4. The van der Waals surface area contributed by atoms with Crippen molar-refractivity contribution < 1.29 is 15.0 Å². The second-order valence-corrected chi connectivity index (χ2v) is 6.44. The summed E-state index contributed by atoms with van der Waals surface area (Å²) in [7, 11) is 0. The monoisotopic (exact) mass is 301 g/mol. The van der Waals surface area contributed by atoms with Crippen LogP contribution in [0.4, 0.5) is 5.69 Å². The Morgan fingerprint density at radius 1 is 1.41 bits per heavy atom. The molecule has 2 aromatic heterocycles. The summed E-state index contributed by atoms with van der Waals surface area (Å²) in [5, 5.41) is 23.4. The van der Waals surface area contributed by atoms with Crippen molar-refractivity contribution >= 4 is 22.7 Å². The number of aliphatic hydroxyl groups excluding tert-OH is 1. The van der Waals surface area contributed by atoms with E-state index in [1.54, 1.807) is 6.20 Å². The first-order chi connectivity index (χ1) is 10.7. The number of aromatic amines is 1. The van der Waals surface area contributed by atoms with E-state index in [0.29, 0.717) is 23.2 Å². The van der Waals surface area contributed by atoms with Crippen molar-refractivity contribution in [3.63, 3.8) is 0 Å². The second-order valence-electron chi connectivity index (χ2n) is 6.44. The molecule has 2 aromatic rings. The second kappa shape index (κ2) is 4.98. The molecular weight excluding hydrogens is 282 g/mol. The zero-order valence-electron chi connectivity index (χ0n) is 12.1. The van der Waals surface area contributed by atoms with Gasteiger partial charge in [0.15, 0.2) is 0 Å². The van der Waals surface area contributed by atoms with Gasteiger partial charge in [-0.1, -0.05) is 0 Å². The SMILES string of the molecule is O=C(O)c1cnc2[nH]ccc2c1NC1C2CCC(C2)C1CO. The molecule has 0 spiro atoms. The Morgan fingerprint density at radius 3 is 3.00 bits per heavy atom. The quantitative estimate of drug-likeness (QED) is 0.693. The van der Waals surface area contributed by atoms with Crippen LogP contribution in [0, 0.1) is 17.8 Å². The van der Waals surface area contributed by atoms with Gasteiger partial charge in [-0.05, 0) is 37.2 Å². The summed E-state index contributed by atoms with van der Waals surface area (Å²) in [6.07, 6.45) is 6.62. The molecule has 22 heavy (non-hydrogen) atoms. The lowest BCUT2D eigenvalue weighted by Gasteiger charge is -2.31. The Hall–Kier alpha value is -2.08. The van der Waals surface area contributed by atoms with E-state index in [-0.39, 0.29) is 24.1 Å². The van der Waals surface area contributed by atoms with Crippen molar-refractivity contribution in [3.05, 3.63) is 24.0 Å². The molecule has 4 unspecified atom stereocenters. The van der Waals surface area contributed by atoms with E-state index >= 15 is 0 Å². The predicted octanol–water partition coefficient (Wildman–Crippen LogP) is 2.08. The molecule has 2 aliphatic carbocycles. The maximum Gasteiger partial charge on any atom is 0.339 e. The van der Waals surface area contributed by atoms with Crippen LogP contribution in [0.25, 0.3) is 11.0 Å². The average molecular weight is 301 g/mol. The van der Waals surface area contributed by atoms with Crippen molar-refractivity contribution in [1.29, 1.82) is 0 Å². The third-order valence-electron chi connectivity index (χ3n) is 5.43. The molecule has 0 amide bonds. The summed E-state index contributed by atoms with van der Waals surface area (Å²) in [6.45, 7) is 0.155. The summed E-state index contributed by atoms with van der Waals surface area (Å²) in [5.41, 5.74) is 1.48. The molecule has 2 heterocycles. The van der Waals surface area contributed by atoms with Crippen molar-refractivity contribution in [2.24, 2.45) is 17.8 Å². The van der Waals surface area contributed by atoms with E-state index in [0.717, 1.165) is 18.2 Å². The summed E-state index contributed by atoms with van der Waals surface area (Å²) < 4.78 is 0. The number of aliphatic hydroxyl groups is 1. The minimum absolute atomic E-state index is 0.141. The Morgan fingerprint density at radius 2 is 2.23 bits per heavy atom. The van der Waals surface area contributed by atoms with Crippen LogP contribution >= 0.6 is 0 Å². The number of H-pyrrole nitrogens is 1. The molecule has 4 atom stereocenters. The standard InChI is InChI=1S/C16H19N3O3/c20-7-12-8-1-2-9(5-8)13(12)19-14-10-3-4-17-15(10)18-6-11(14)16(21)22/h3-4,6,8-9,12-13,20H,1-2,5,7H2,(H,21,22)(H2,17,18,19). The molecule has 2 bridgehead atoms. The first-order valence-corrected chi connectivity index (χ1v) is 7.76. The molecule has 0 aliphatic heterocycles. The third-order valence-corrected chi connectivity index (χ3v) is 5.43. The van der Waals surface area contributed by atoms with Gasteiger partial charge >= 0.3 is 5.97 Å². The number of rotatable bonds is 4. The van der Waals surface area contributed by atoms with Crippen LogP contribution in [-0.4, -0.2) is 38.8 Å². The predicted molar refractivity (Wildman–Crippen MR) is 81.9 cm³/mol. The number of aromatic nitrogens is 2. The van der Waals surface area contributed by atoms with E-state index in [9.17, 15) is 15.0 Å². The van der Waals surface area contributed by atoms with E-state index in [2.05, 4.69) is 15.3 Å². The number of pyridine rings is 1. The van der Waals surface area contributed by atoms with Gasteiger partial charge in [0.05, 0.1) is 5.69 Å². The first kappa shape index (κ1) is 13.6. The average Bonchev–Trinajstić information content (AvgIpc) is 3.22. The van der Waals surface area contributed by atoms with Gasteiger partial charge in [-0.25, -0.2) is 9.78 Å². The summed E-state index contributed by atoms with van der Waals surface area (Å²) in [4.78, 5) is 18.7. The van der Waals surface area contributed by atoms with Crippen LogP contribution < -0.4 is 5.32 Å². The normalized spacial score (nSPS) is 30.0. The molecule has 116 valence electrons. The van der Waals surface area contributed by atoms with Gasteiger partial charge in [-0.2, -0.15) is 0 Å². The Kier molecular flexibility index (Phi) is 3.07. The molecule has 0 radical (unpaired) electrons. The topological polar surface area (TPSA) is 98.2 Å². The number of aromatic carboxylic acids is 1. The first-order valence-electron chi connectivity index (χ1n) is 7.76. The molecule has 2 fully saturated rings. The van der Waals surface area contributed by atoms with Crippen molar-refractivity contribution in [2.45, 2.75) is 25.3 Å². The van der Waals surface area contributed by atoms with Crippen molar-refractivity contribution in [2.75, 3.05) is 11.9 Å². The van der Waals surface area contributed by atoms with E-state index in [1.807, 2.05) is 6.07 Å². The molecule has 0 saturated heterocycles. The van der Waals surface area contributed by atoms with Gasteiger partial charge in [0, 0.05) is 36.3 Å². The van der Waals surface area contributed by atoms with Gasteiger partial charge in [-0.15, -0.1) is 0 Å². The molecule has 0 aromatic carbocycles. The molecule has 6 nitrogen and oxygen atoms in total. The molecule has 2 saturated carbocycles. The lowest BCUT2D eigenvalue weighted by Crippen LogP contribution is -2.37. The molecule has 2 aliphatic rings. The van der Waals surface area contributed by atoms with Gasteiger partial charge in [0.1, 0.15) is 11.2 Å². The van der Waals surface area contributed by atoms with Crippen LogP contribution in [0.15, 0.2) is 18.5 Å². The van der Waals surface area contributed by atoms with Gasteiger partial charge in [0.2, 0.25) is 0 Å². The minimum Gasteiger partial charge on any atom is -0.478 e. The number of carboxylic acids is 1. The van der Waals surface area contributed by atoms with E-state index < -0.39 is 5.97 Å². The highest BCUT2D eigenvalue weighted by Gasteiger charge is 2.47. The molecule has 4 rings (SSSR count). The van der Waals surface area contributed by atoms with Crippen LogP contribution in [0.1, 0.15) is 29.6 Å². The lowest BCUT2D eigenvalue weighted by atomic mass is 9.84. The summed E-state index contributed by atoms with van der Waals surface area (Å²) in [5.74, 6) is 0.305. The third kappa shape index (κ3) is 1.90. The van der Waals surface area contributed by atoms with Gasteiger partial charge < -0.3 is 20.5 Å². The van der Waals surface area contributed by atoms with Crippen LogP contribution in [0.3, 0.4) is 0 Å². The highest BCUT2D eigenvalue weighted by Crippen LogP contribution is 2.49. The van der Waals surface area contributed by atoms with Crippen LogP contribution in [0.5, 0.6) is 0 Å². The number of carboxylic acid groups (broad SMARTS) is 1.